The molecule has 0 unspecified atom stereocenters. The van der Waals surface area contributed by atoms with Crippen molar-refractivity contribution in [2.75, 3.05) is 38.2 Å². The molecule has 0 spiro atoms. The third kappa shape index (κ3) is 4.62. The molecule has 1 amide bonds. The minimum atomic E-state index is -0.251. The molecule has 0 saturated carbocycles. The van der Waals surface area contributed by atoms with Gasteiger partial charge in [0.15, 0.2) is 0 Å². The second-order valence-corrected chi connectivity index (χ2v) is 7.97. The summed E-state index contributed by atoms with van der Waals surface area (Å²) >= 11 is 0. The molecule has 8 nitrogen and oxygen atoms in total. The molecule has 168 valence electrons. The highest BCUT2D eigenvalue weighted by Crippen LogP contribution is 2.22. The van der Waals surface area contributed by atoms with Crippen LogP contribution in [0, 0.1) is 12.7 Å². The first kappa shape index (κ1) is 21.9. The van der Waals surface area contributed by atoms with Crippen LogP contribution in [0.4, 0.5) is 10.3 Å². The van der Waals surface area contributed by atoms with Crippen molar-refractivity contribution in [3.8, 4) is 11.3 Å². The highest BCUT2D eigenvalue weighted by Gasteiger charge is 2.28. The Morgan fingerprint density at radius 1 is 1.22 bits per heavy atom. The van der Waals surface area contributed by atoms with Crippen LogP contribution < -0.4 is 9.47 Å². The van der Waals surface area contributed by atoms with Gasteiger partial charge in [0.05, 0.1) is 57.4 Å². The number of halogens is 1. The molecular weight excluding hydrogens is 411 g/mol. The van der Waals surface area contributed by atoms with Crippen LogP contribution in [0.15, 0.2) is 42.7 Å². The molecule has 0 atom stereocenters. The van der Waals surface area contributed by atoms with E-state index in [-0.39, 0.29) is 18.3 Å². The van der Waals surface area contributed by atoms with Gasteiger partial charge >= 0.3 is 5.95 Å². The Hall–Kier alpha value is -3.33. The highest BCUT2D eigenvalue weighted by atomic mass is 19.1. The Balaban J connectivity index is 1.45. The van der Waals surface area contributed by atoms with Gasteiger partial charge in [0, 0.05) is 18.7 Å². The van der Waals surface area contributed by atoms with Crippen LogP contribution in [-0.4, -0.2) is 58.9 Å². The van der Waals surface area contributed by atoms with Crippen molar-refractivity contribution in [1.29, 1.82) is 0 Å². The van der Waals surface area contributed by atoms with Crippen molar-refractivity contribution in [2.24, 2.45) is 7.05 Å². The van der Waals surface area contributed by atoms with Gasteiger partial charge in [-0.05, 0) is 36.8 Å². The summed E-state index contributed by atoms with van der Waals surface area (Å²) in [6, 6.07) is 8.68. The topological polar surface area (TPSA) is 67.4 Å². The largest absolute Gasteiger partial charge is 0.393 e. The van der Waals surface area contributed by atoms with Crippen molar-refractivity contribution in [1.82, 2.24) is 19.7 Å². The monoisotopic (exact) mass is 439 g/mol. The molecule has 32 heavy (non-hydrogen) atoms. The van der Waals surface area contributed by atoms with Crippen LogP contribution in [0.2, 0.25) is 0 Å². The van der Waals surface area contributed by atoms with E-state index in [9.17, 15) is 9.18 Å². The van der Waals surface area contributed by atoms with Crippen molar-refractivity contribution in [3.63, 3.8) is 0 Å². The number of nitrogens with zero attached hydrogens (tertiary/aromatic N) is 6. The number of aromatic nitrogens is 4. The number of aryl methyl sites for hydroxylation is 2. The van der Waals surface area contributed by atoms with Gasteiger partial charge in [-0.3, -0.25) is 14.4 Å². The molecule has 0 aliphatic carbocycles. The predicted octanol–water partition coefficient (Wildman–Crippen LogP) is 1.71. The summed E-state index contributed by atoms with van der Waals surface area (Å²) in [6.45, 7) is 4.89. The molecule has 1 aliphatic heterocycles. The molecule has 1 saturated heterocycles. The minimum Gasteiger partial charge on any atom is -0.378 e. The zero-order chi connectivity index (χ0) is 22.7. The fourth-order valence-corrected chi connectivity index (χ4v) is 3.93. The number of hydrogen-bond acceptors (Lipinski definition) is 5. The number of methoxy groups -OCH3 is 1. The highest BCUT2D eigenvalue weighted by molar-refractivity contribution is 5.76. The smallest absolute Gasteiger partial charge is 0.378 e. The molecule has 1 aromatic carbocycles. The lowest BCUT2D eigenvalue weighted by atomic mass is 10.1. The molecular formula is C23H28FN6O2+. The maximum Gasteiger partial charge on any atom is 0.393 e. The third-order valence-electron chi connectivity index (χ3n) is 5.71. The summed E-state index contributed by atoms with van der Waals surface area (Å²) in [7, 11) is 3.58. The Morgan fingerprint density at radius 3 is 2.69 bits per heavy atom. The summed E-state index contributed by atoms with van der Waals surface area (Å²) in [6.07, 6.45) is 3.75. The molecule has 0 bridgehead atoms. The Labute approximate surface area is 186 Å². The lowest BCUT2D eigenvalue weighted by Gasteiger charge is -2.31. The van der Waals surface area contributed by atoms with E-state index in [2.05, 4.69) is 15.0 Å². The number of rotatable bonds is 6. The fraction of sp³-hybridized carbons (Fsp3) is 0.391. The standard InChI is InChI=1S/C23H28FN6O2/c1-17-13-18(5-6-20(17)24)21-14-19(16-32-3)30(26-21)15-22(31)28-9-11-29(12-10-28)23-25-7-4-8-27(23)2/h4-8,13-14H,9-12,15-16H2,1-3H3/q+1. The lowest BCUT2D eigenvalue weighted by Crippen LogP contribution is -2.53. The molecule has 3 aromatic rings. The van der Waals surface area contributed by atoms with Gasteiger partial charge in [-0.1, -0.05) is 4.98 Å². The molecule has 1 aliphatic rings. The maximum atomic E-state index is 13.7. The molecule has 0 radical (unpaired) electrons. The zero-order valence-electron chi connectivity index (χ0n) is 18.7. The second-order valence-electron chi connectivity index (χ2n) is 7.97. The number of amides is 1. The fourth-order valence-electron chi connectivity index (χ4n) is 3.93. The first-order chi connectivity index (χ1) is 15.5. The molecule has 2 aromatic heterocycles. The van der Waals surface area contributed by atoms with Gasteiger partial charge in [-0.15, -0.1) is 0 Å². The van der Waals surface area contributed by atoms with E-state index >= 15 is 0 Å². The van der Waals surface area contributed by atoms with Crippen LogP contribution in [0.5, 0.6) is 0 Å². The van der Waals surface area contributed by atoms with Crippen molar-refractivity contribution < 1.29 is 18.5 Å². The summed E-state index contributed by atoms with van der Waals surface area (Å²) in [5.74, 6) is 0.657. The van der Waals surface area contributed by atoms with Crippen LogP contribution in [-0.2, 0) is 29.7 Å². The van der Waals surface area contributed by atoms with E-state index in [1.165, 1.54) is 6.07 Å². The van der Waals surface area contributed by atoms with E-state index in [1.54, 1.807) is 37.0 Å². The number of anilines is 1. The third-order valence-corrected chi connectivity index (χ3v) is 5.71. The molecule has 1 fully saturated rings. The van der Waals surface area contributed by atoms with Gasteiger partial charge in [0.1, 0.15) is 18.6 Å². The minimum absolute atomic E-state index is 0.0114. The van der Waals surface area contributed by atoms with Crippen LogP contribution in [0.3, 0.4) is 0 Å². The van der Waals surface area contributed by atoms with Crippen LogP contribution >= 0.6 is 0 Å². The van der Waals surface area contributed by atoms with Crippen molar-refractivity contribution in [2.45, 2.75) is 20.1 Å². The van der Waals surface area contributed by atoms with E-state index in [4.69, 9.17) is 4.74 Å². The quantitative estimate of drug-likeness (QED) is 0.547. The van der Waals surface area contributed by atoms with E-state index in [0.717, 1.165) is 30.3 Å². The van der Waals surface area contributed by atoms with Gasteiger partial charge in [-0.2, -0.15) is 5.10 Å². The zero-order valence-corrected chi connectivity index (χ0v) is 18.7. The second kappa shape index (κ2) is 9.44. The van der Waals surface area contributed by atoms with Crippen LogP contribution in [0.25, 0.3) is 11.3 Å². The Morgan fingerprint density at radius 2 is 2.00 bits per heavy atom. The number of ether oxygens (including phenoxy) is 1. The number of piperazine rings is 1. The molecule has 9 heteroatoms. The van der Waals surface area contributed by atoms with Crippen molar-refractivity contribution >= 4 is 11.9 Å². The first-order valence-electron chi connectivity index (χ1n) is 10.6. The van der Waals surface area contributed by atoms with Crippen molar-refractivity contribution in [3.05, 3.63) is 59.8 Å². The van der Waals surface area contributed by atoms with E-state index in [1.807, 2.05) is 34.8 Å². The number of hydrogen-bond donors (Lipinski definition) is 0. The summed E-state index contributed by atoms with van der Waals surface area (Å²) < 4.78 is 22.6. The summed E-state index contributed by atoms with van der Waals surface area (Å²) in [4.78, 5) is 21.5. The first-order valence-corrected chi connectivity index (χ1v) is 10.6. The van der Waals surface area contributed by atoms with Gasteiger partial charge in [0.2, 0.25) is 5.91 Å². The average molecular weight is 440 g/mol. The normalized spacial score (nSPS) is 14.1. The molecule has 3 heterocycles. The van der Waals surface area contributed by atoms with E-state index in [0.29, 0.717) is 31.0 Å². The predicted molar refractivity (Wildman–Crippen MR) is 117 cm³/mol. The average Bonchev–Trinajstić information content (AvgIpc) is 3.18. The summed E-state index contributed by atoms with van der Waals surface area (Å²) in [5, 5.41) is 4.62. The van der Waals surface area contributed by atoms with Gasteiger partial charge in [0.25, 0.3) is 0 Å². The van der Waals surface area contributed by atoms with E-state index < -0.39 is 0 Å². The number of carbonyl (C=O) groups is 1. The maximum absolute atomic E-state index is 13.7. The number of benzene rings is 1. The lowest BCUT2D eigenvalue weighted by molar-refractivity contribution is -0.661. The SMILES string of the molecule is COCc1cc(-c2ccc(F)c(C)c2)nn1CC(=O)N1CCN(c2nccc[n+]2C)CC1. The Kier molecular flexibility index (Phi) is 6.45. The van der Waals surface area contributed by atoms with Gasteiger partial charge in [-0.25, -0.2) is 8.96 Å². The molecule has 4 rings (SSSR count). The molecule has 0 N–H and O–H groups in total. The van der Waals surface area contributed by atoms with Crippen LogP contribution in [0.1, 0.15) is 11.3 Å². The Bertz CT molecular complexity index is 1110. The number of carbonyl (C=O) groups excluding carboxylic acids is 1. The van der Waals surface area contributed by atoms with Gasteiger partial charge < -0.3 is 9.64 Å². The summed E-state index contributed by atoms with van der Waals surface area (Å²) in [5.41, 5.74) is 2.86.